The van der Waals surface area contributed by atoms with Gasteiger partial charge in [-0.25, -0.2) is 8.42 Å². The van der Waals surface area contributed by atoms with Gasteiger partial charge in [0.25, 0.3) is 0 Å². The fourth-order valence-electron chi connectivity index (χ4n) is 1.88. The van der Waals surface area contributed by atoms with Crippen LogP contribution in [0.4, 0.5) is 5.69 Å². The van der Waals surface area contributed by atoms with Gasteiger partial charge in [-0.1, -0.05) is 33.6 Å². The summed E-state index contributed by atoms with van der Waals surface area (Å²) in [6.45, 7) is 1.86. The van der Waals surface area contributed by atoms with Gasteiger partial charge in [-0.2, -0.15) is 0 Å². The zero-order valence-electron chi connectivity index (χ0n) is 12.3. The molecule has 4 nitrogen and oxygen atoms in total. The van der Waals surface area contributed by atoms with Gasteiger partial charge >= 0.3 is 0 Å². The van der Waals surface area contributed by atoms with Crippen molar-refractivity contribution in [2.45, 2.75) is 18.2 Å². The zero-order chi connectivity index (χ0) is 17.0. The van der Waals surface area contributed by atoms with Gasteiger partial charge in [-0.15, -0.1) is 0 Å². The van der Waals surface area contributed by atoms with E-state index in [4.69, 9.17) is 11.6 Å². The fraction of sp³-hybridized carbons (Fsp3) is 0.188. The fourth-order valence-corrected chi connectivity index (χ4v) is 3.57. The number of carbonyl (C=O) groups excluding carboxylic acids is 1. The Morgan fingerprint density at radius 2 is 1.83 bits per heavy atom. The van der Waals surface area contributed by atoms with E-state index >= 15 is 0 Å². The van der Waals surface area contributed by atoms with Crippen LogP contribution in [0.15, 0.2) is 51.8 Å². The molecule has 1 N–H and O–H groups in total. The van der Waals surface area contributed by atoms with Crippen molar-refractivity contribution in [1.82, 2.24) is 0 Å². The number of halogens is 2. The molecule has 0 aromatic heterocycles. The summed E-state index contributed by atoms with van der Waals surface area (Å²) >= 11 is 9.24. The molecule has 0 aliphatic rings. The van der Waals surface area contributed by atoms with Crippen LogP contribution in [0.3, 0.4) is 0 Å². The Balaban J connectivity index is 1.98. The van der Waals surface area contributed by atoms with E-state index in [1.807, 2.05) is 6.92 Å². The lowest BCUT2D eigenvalue weighted by molar-refractivity contribution is -0.115. The lowest BCUT2D eigenvalue weighted by Gasteiger charge is -2.08. The van der Waals surface area contributed by atoms with Crippen molar-refractivity contribution in [3.05, 3.63) is 57.5 Å². The number of anilines is 1. The number of aryl methyl sites for hydroxylation is 1. The largest absolute Gasteiger partial charge is 0.326 e. The van der Waals surface area contributed by atoms with Crippen LogP contribution < -0.4 is 5.32 Å². The Morgan fingerprint density at radius 3 is 2.43 bits per heavy atom. The van der Waals surface area contributed by atoms with Crippen molar-refractivity contribution in [3.63, 3.8) is 0 Å². The monoisotopic (exact) mass is 415 g/mol. The highest BCUT2D eigenvalue weighted by Gasteiger charge is 2.16. The minimum atomic E-state index is -3.49. The van der Waals surface area contributed by atoms with E-state index < -0.39 is 9.84 Å². The number of hydrogen-bond donors (Lipinski definition) is 1. The number of amides is 1. The Kier molecular flexibility index (Phi) is 5.84. The topological polar surface area (TPSA) is 63.2 Å². The number of hydrogen-bond acceptors (Lipinski definition) is 3. The van der Waals surface area contributed by atoms with Crippen LogP contribution in [-0.2, 0) is 14.6 Å². The van der Waals surface area contributed by atoms with E-state index in [-0.39, 0.29) is 23.0 Å². The molecule has 0 unspecified atom stereocenters. The van der Waals surface area contributed by atoms with Gasteiger partial charge in [0.05, 0.1) is 10.6 Å². The molecule has 122 valence electrons. The van der Waals surface area contributed by atoms with Gasteiger partial charge in [0.1, 0.15) is 0 Å². The Hall–Kier alpha value is -1.37. The van der Waals surface area contributed by atoms with Crippen LogP contribution >= 0.6 is 27.5 Å². The molecule has 0 spiro atoms. The van der Waals surface area contributed by atoms with Gasteiger partial charge in [0.2, 0.25) is 5.91 Å². The third-order valence-electron chi connectivity index (χ3n) is 3.23. The first-order valence-corrected chi connectivity index (χ1v) is 9.64. The summed E-state index contributed by atoms with van der Waals surface area (Å²) in [7, 11) is -3.49. The van der Waals surface area contributed by atoms with Crippen LogP contribution in [0.2, 0.25) is 5.02 Å². The minimum absolute atomic E-state index is 0.121. The van der Waals surface area contributed by atoms with E-state index in [0.29, 0.717) is 10.7 Å². The SMILES string of the molecule is Cc1ccc(NC(=O)CCS(=O)(=O)c2ccc(Br)cc2)cc1Cl. The molecular formula is C16H15BrClNO3S. The molecule has 0 saturated carbocycles. The van der Waals surface area contributed by atoms with Crippen molar-refractivity contribution < 1.29 is 13.2 Å². The van der Waals surface area contributed by atoms with E-state index in [9.17, 15) is 13.2 Å². The molecule has 0 bridgehead atoms. The Morgan fingerprint density at radius 1 is 1.17 bits per heavy atom. The first-order valence-electron chi connectivity index (χ1n) is 6.82. The normalized spacial score (nSPS) is 11.3. The van der Waals surface area contributed by atoms with E-state index in [1.54, 1.807) is 30.3 Å². The highest BCUT2D eigenvalue weighted by molar-refractivity contribution is 9.10. The van der Waals surface area contributed by atoms with Gasteiger partial charge in [0, 0.05) is 21.6 Å². The van der Waals surface area contributed by atoms with Crippen molar-refractivity contribution in [2.75, 3.05) is 11.1 Å². The lowest BCUT2D eigenvalue weighted by Crippen LogP contribution is -2.17. The third-order valence-corrected chi connectivity index (χ3v) is 5.89. The minimum Gasteiger partial charge on any atom is -0.326 e. The summed E-state index contributed by atoms with van der Waals surface area (Å²) in [5.41, 5.74) is 1.45. The molecule has 2 aromatic rings. The first-order chi connectivity index (χ1) is 10.8. The van der Waals surface area contributed by atoms with Gasteiger partial charge in [-0.05, 0) is 48.9 Å². The molecule has 0 aliphatic carbocycles. The average Bonchev–Trinajstić information content (AvgIpc) is 2.50. The predicted molar refractivity (Wildman–Crippen MR) is 95.6 cm³/mol. The van der Waals surface area contributed by atoms with Crippen molar-refractivity contribution in [2.24, 2.45) is 0 Å². The third kappa shape index (κ3) is 5.06. The molecule has 0 atom stereocenters. The van der Waals surface area contributed by atoms with Gasteiger partial charge < -0.3 is 5.32 Å². The maximum atomic E-state index is 12.2. The number of benzene rings is 2. The van der Waals surface area contributed by atoms with E-state index in [1.165, 1.54) is 12.1 Å². The average molecular weight is 417 g/mol. The standard InChI is InChI=1S/C16H15BrClNO3S/c1-11-2-5-13(10-15(11)18)19-16(20)8-9-23(21,22)14-6-3-12(17)4-7-14/h2-7,10H,8-9H2,1H3,(H,19,20). The smallest absolute Gasteiger partial charge is 0.225 e. The summed E-state index contributed by atoms with van der Waals surface area (Å²) in [6, 6.07) is 11.5. The molecule has 0 heterocycles. The number of rotatable bonds is 5. The Labute approximate surface area is 148 Å². The van der Waals surface area contributed by atoms with Crippen LogP contribution in [-0.4, -0.2) is 20.1 Å². The molecule has 7 heteroatoms. The molecule has 0 radical (unpaired) electrons. The zero-order valence-corrected chi connectivity index (χ0v) is 15.5. The second-order valence-corrected chi connectivity index (χ2v) is 8.47. The molecule has 1 amide bonds. The van der Waals surface area contributed by atoms with Crippen LogP contribution in [0.5, 0.6) is 0 Å². The highest BCUT2D eigenvalue weighted by atomic mass is 79.9. The summed E-state index contributed by atoms with van der Waals surface area (Å²) < 4.78 is 25.2. The second-order valence-electron chi connectivity index (χ2n) is 5.03. The maximum absolute atomic E-state index is 12.2. The predicted octanol–water partition coefficient (Wildman–Crippen LogP) is 4.21. The highest BCUT2D eigenvalue weighted by Crippen LogP contribution is 2.20. The Bertz CT molecular complexity index is 820. The maximum Gasteiger partial charge on any atom is 0.225 e. The van der Waals surface area contributed by atoms with Gasteiger partial charge in [0.15, 0.2) is 9.84 Å². The quantitative estimate of drug-likeness (QED) is 0.794. The first kappa shape index (κ1) is 18.0. The molecule has 2 aromatic carbocycles. The second kappa shape index (κ2) is 7.47. The van der Waals surface area contributed by atoms with Crippen molar-refractivity contribution in [1.29, 1.82) is 0 Å². The summed E-state index contributed by atoms with van der Waals surface area (Å²) in [5.74, 6) is -0.620. The van der Waals surface area contributed by atoms with Crippen molar-refractivity contribution >= 4 is 49.0 Å². The molecular weight excluding hydrogens is 402 g/mol. The lowest BCUT2D eigenvalue weighted by atomic mass is 10.2. The summed E-state index contributed by atoms with van der Waals surface area (Å²) in [6.07, 6.45) is -0.121. The summed E-state index contributed by atoms with van der Waals surface area (Å²) in [4.78, 5) is 12.1. The molecule has 0 aliphatic heterocycles. The molecule has 23 heavy (non-hydrogen) atoms. The van der Waals surface area contributed by atoms with E-state index in [0.717, 1.165) is 10.0 Å². The van der Waals surface area contributed by atoms with Crippen molar-refractivity contribution in [3.8, 4) is 0 Å². The van der Waals surface area contributed by atoms with Crippen LogP contribution in [0.1, 0.15) is 12.0 Å². The number of nitrogens with one attached hydrogen (secondary N) is 1. The number of carbonyl (C=O) groups is 1. The van der Waals surface area contributed by atoms with Crippen LogP contribution in [0, 0.1) is 6.92 Å². The molecule has 2 rings (SSSR count). The van der Waals surface area contributed by atoms with Gasteiger partial charge in [-0.3, -0.25) is 4.79 Å². The summed E-state index contributed by atoms with van der Waals surface area (Å²) in [5, 5.41) is 3.19. The van der Waals surface area contributed by atoms with E-state index in [2.05, 4.69) is 21.2 Å². The molecule has 0 saturated heterocycles. The molecule has 0 fully saturated rings. The number of sulfone groups is 1. The van der Waals surface area contributed by atoms with Crippen LogP contribution in [0.25, 0.3) is 0 Å².